The first-order chi connectivity index (χ1) is 12.8. The van der Waals surface area contributed by atoms with Crippen LogP contribution in [0.3, 0.4) is 0 Å². The predicted octanol–water partition coefficient (Wildman–Crippen LogP) is 3.08. The second-order valence-corrected chi connectivity index (χ2v) is 6.55. The molecule has 0 saturated carbocycles. The number of benzene rings is 1. The minimum absolute atomic E-state index is 0.0133. The van der Waals surface area contributed by atoms with E-state index in [9.17, 15) is 4.79 Å². The maximum Gasteiger partial charge on any atom is 0.255 e. The van der Waals surface area contributed by atoms with Crippen molar-refractivity contribution in [3.05, 3.63) is 77.8 Å². The van der Waals surface area contributed by atoms with Crippen LogP contribution < -0.4 is 0 Å². The summed E-state index contributed by atoms with van der Waals surface area (Å²) in [6, 6.07) is 11.9. The van der Waals surface area contributed by atoms with E-state index in [4.69, 9.17) is 4.42 Å². The zero-order chi connectivity index (χ0) is 17.8. The summed E-state index contributed by atoms with van der Waals surface area (Å²) >= 11 is 0. The molecule has 0 N–H and O–H groups in total. The average molecular weight is 348 g/mol. The van der Waals surface area contributed by atoms with E-state index in [1.54, 1.807) is 18.5 Å². The Hall–Kier alpha value is -3.02. The zero-order valence-corrected chi connectivity index (χ0v) is 14.4. The molecule has 26 heavy (non-hydrogen) atoms. The van der Waals surface area contributed by atoms with Crippen LogP contribution in [-0.4, -0.2) is 39.1 Å². The summed E-state index contributed by atoms with van der Waals surface area (Å²) in [5.74, 6) is 1.70. The number of oxazole rings is 1. The van der Waals surface area contributed by atoms with E-state index in [-0.39, 0.29) is 11.8 Å². The second-order valence-electron chi connectivity index (χ2n) is 6.55. The SMILES string of the molecule is O=C(c1ccnnc1)N1CCCC(c2ncc(Cc3ccccc3)o2)C1. The van der Waals surface area contributed by atoms with Gasteiger partial charge in [-0.2, -0.15) is 10.2 Å². The van der Waals surface area contributed by atoms with Gasteiger partial charge in [0.05, 0.1) is 30.1 Å². The molecule has 4 rings (SSSR count). The molecule has 1 amide bonds. The van der Waals surface area contributed by atoms with Crippen molar-refractivity contribution in [2.75, 3.05) is 13.1 Å². The summed E-state index contributed by atoms with van der Waals surface area (Å²) in [5.41, 5.74) is 1.76. The highest BCUT2D eigenvalue weighted by Crippen LogP contribution is 2.28. The van der Waals surface area contributed by atoms with Gasteiger partial charge in [0.2, 0.25) is 0 Å². The van der Waals surface area contributed by atoms with E-state index in [1.807, 2.05) is 23.1 Å². The lowest BCUT2D eigenvalue weighted by Crippen LogP contribution is -2.39. The van der Waals surface area contributed by atoms with Gasteiger partial charge < -0.3 is 9.32 Å². The molecule has 132 valence electrons. The highest BCUT2D eigenvalue weighted by Gasteiger charge is 2.28. The molecule has 3 heterocycles. The standard InChI is InChI=1S/C20H20N4O2/c25-20(16-8-9-22-23-12-16)24-10-4-7-17(14-24)19-21-13-18(26-19)11-15-5-2-1-3-6-15/h1-3,5-6,8-9,12-13,17H,4,7,10-11,14H2. The smallest absolute Gasteiger partial charge is 0.255 e. The van der Waals surface area contributed by atoms with Crippen LogP contribution in [0.15, 0.2) is 59.4 Å². The third-order valence-corrected chi connectivity index (χ3v) is 4.68. The molecular weight excluding hydrogens is 328 g/mol. The van der Waals surface area contributed by atoms with Crippen LogP contribution in [0.5, 0.6) is 0 Å². The van der Waals surface area contributed by atoms with Gasteiger partial charge in [-0.1, -0.05) is 30.3 Å². The van der Waals surface area contributed by atoms with Gasteiger partial charge in [-0.05, 0) is 24.5 Å². The minimum Gasteiger partial charge on any atom is -0.445 e. The van der Waals surface area contributed by atoms with E-state index < -0.39 is 0 Å². The van der Waals surface area contributed by atoms with Gasteiger partial charge in [-0.3, -0.25) is 4.79 Å². The normalized spacial score (nSPS) is 17.2. The molecule has 1 aliphatic heterocycles. The minimum atomic E-state index is -0.0133. The molecule has 6 nitrogen and oxygen atoms in total. The molecule has 1 aromatic carbocycles. The van der Waals surface area contributed by atoms with Crippen molar-refractivity contribution in [2.45, 2.75) is 25.2 Å². The first-order valence-electron chi connectivity index (χ1n) is 8.84. The molecule has 0 aliphatic carbocycles. The van der Waals surface area contributed by atoms with Gasteiger partial charge in [0, 0.05) is 19.5 Å². The maximum atomic E-state index is 12.6. The number of hydrogen-bond donors (Lipinski definition) is 0. The predicted molar refractivity (Wildman–Crippen MR) is 95.7 cm³/mol. The molecule has 0 spiro atoms. The summed E-state index contributed by atoms with van der Waals surface area (Å²) in [6.07, 6.45) is 7.49. The number of amides is 1. The van der Waals surface area contributed by atoms with Crippen LogP contribution in [0.1, 0.15) is 46.3 Å². The quantitative estimate of drug-likeness (QED) is 0.724. The molecule has 2 aromatic heterocycles. The van der Waals surface area contributed by atoms with E-state index in [0.717, 1.165) is 37.5 Å². The lowest BCUT2D eigenvalue weighted by atomic mass is 9.97. The maximum absolute atomic E-state index is 12.6. The number of likely N-dealkylation sites (tertiary alicyclic amines) is 1. The van der Waals surface area contributed by atoms with E-state index in [2.05, 4.69) is 27.3 Å². The number of aromatic nitrogens is 3. The first kappa shape index (κ1) is 16.4. The Bertz CT molecular complexity index is 864. The Labute approximate surface area is 151 Å². The van der Waals surface area contributed by atoms with Gasteiger partial charge in [-0.15, -0.1) is 0 Å². The van der Waals surface area contributed by atoms with Crippen molar-refractivity contribution in [1.82, 2.24) is 20.1 Å². The van der Waals surface area contributed by atoms with E-state index >= 15 is 0 Å². The lowest BCUT2D eigenvalue weighted by Gasteiger charge is -2.31. The van der Waals surface area contributed by atoms with Gasteiger partial charge in [-0.25, -0.2) is 4.98 Å². The zero-order valence-electron chi connectivity index (χ0n) is 14.4. The van der Waals surface area contributed by atoms with Gasteiger partial charge in [0.1, 0.15) is 5.76 Å². The van der Waals surface area contributed by atoms with Crippen LogP contribution in [-0.2, 0) is 6.42 Å². The average Bonchev–Trinajstić information content (AvgIpc) is 3.17. The fraction of sp³-hybridized carbons (Fsp3) is 0.300. The Morgan fingerprint density at radius 2 is 2.04 bits per heavy atom. The number of carbonyl (C=O) groups excluding carboxylic acids is 1. The molecule has 1 saturated heterocycles. The monoisotopic (exact) mass is 348 g/mol. The van der Waals surface area contributed by atoms with Crippen LogP contribution in [0.4, 0.5) is 0 Å². The Morgan fingerprint density at radius 1 is 1.15 bits per heavy atom. The molecule has 1 unspecified atom stereocenters. The van der Waals surface area contributed by atoms with Gasteiger partial charge in [0.25, 0.3) is 5.91 Å². The number of nitrogens with zero attached hydrogens (tertiary/aromatic N) is 4. The van der Waals surface area contributed by atoms with Crippen molar-refractivity contribution >= 4 is 5.91 Å². The number of piperidine rings is 1. The molecular formula is C20H20N4O2. The van der Waals surface area contributed by atoms with E-state index in [0.29, 0.717) is 12.1 Å². The fourth-order valence-corrected chi connectivity index (χ4v) is 3.35. The third-order valence-electron chi connectivity index (χ3n) is 4.68. The molecule has 6 heteroatoms. The van der Waals surface area contributed by atoms with Gasteiger partial charge >= 0.3 is 0 Å². The Morgan fingerprint density at radius 3 is 2.85 bits per heavy atom. The van der Waals surface area contributed by atoms with Crippen LogP contribution >= 0.6 is 0 Å². The van der Waals surface area contributed by atoms with Gasteiger partial charge in [0.15, 0.2) is 5.89 Å². The molecule has 0 bridgehead atoms. The molecule has 0 radical (unpaired) electrons. The number of hydrogen-bond acceptors (Lipinski definition) is 5. The number of rotatable bonds is 4. The van der Waals surface area contributed by atoms with E-state index in [1.165, 1.54) is 11.8 Å². The topological polar surface area (TPSA) is 72.1 Å². The lowest BCUT2D eigenvalue weighted by molar-refractivity contribution is 0.0697. The number of carbonyl (C=O) groups is 1. The first-order valence-corrected chi connectivity index (χ1v) is 8.84. The van der Waals surface area contributed by atoms with Crippen molar-refractivity contribution in [3.8, 4) is 0 Å². The fourth-order valence-electron chi connectivity index (χ4n) is 3.35. The Kier molecular flexibility index (Phi) is 4.73. The summed E-state index contributed by atoms with van der Waals surface area (Å²) in [5, 5.41) is 7.52. The van der Waals surface area contributed by atoms with Crippen molar-refractivity contribution in [3.63, 3.8) is 0 Å². The van der Waals surface area contributed by atoms with Crippen LogP contribution in [0, 0.1) is 0 Å². The molecule has 3 aromatic rings. The highest BCUT2D eigenvalue weighted by atomic mass is 16.4. The highest BCUT2D eigenvalue weighted by molar-refractivity contribution is 5.93. The third kappa shape index (κ3) is 3.64. The second kappa shape index (κ2) is 7.47. The largest absolute Gasteiger partial charge is 0.445 e. The summed E-state index contributed by atoms with van der Waals surface area (Å²) < 4.78 is 5.99. The van der Waals surface area contributed by atoms with Crippen molar-refractivity contribution in [1.29, 1.82) is 0 Å². The van der Waals surface area contributed by atoms with Crippen LogP contribution in [0.2, 0.25) is 0 Å². The molecule has 1 fully saturated rings. The Balaban J connectivity index is 1.44. The summed E-state index contributed by atoms with van der Waals surface area (Å²) in [4.78, 5) is 19.0. The molecule has 1 aliphatic rings. The van der Waals surface area contributed by atoms with Crippen LogP contribution in [0.25, 0.3) is 0 Å². The van der Waals surface area contributed by atoms with Crippen molar-refractivity contribution in [2.24, 2.45) is 0 Å². The van der Waals surface area contributed by atoms with Crippen molar-refractivity contribution < 1.29 is 9.21 Å². The molecule has 1 atom stereocenters. The summed E-state index contributed by atoms with van der Waals surface area (Å²) in [6.45, 7) is 1.36. The summed E-state index contributed by atoms with van der Waals surface area (Å²) in [7, 11) is 0.